The normalized spacial score (nSPS) is 16.4. The Morgan fingerprint density at radius 3 is 2.71 bits per heavy atom. The van der Waals surface area contributed by atoms with E-state index in [0.717, 1.165) is 12.8 Å². The zero-order valence-electron chi connectivity index (χ0n) is 10.7. The Morgan fingerprint density at radius 2 is 2.29 bits per heavy atom. The van der Waals surface area contributed by atoms with E-state index in [-0.39, 0.29) is 6.04 Å². The first-order chi connectivity index (χ1) is 8.03. The van der Waals surface area contributed by atoms with Gasteiger partial charge < -0.3 is 5.11 Å². The number of carbonyl (C=O) groups is 1. The zero-order chi connectivity index (χ0) is 12.9. The van der Waals surface area contributed by atoms with Crippen LogP contribution in [0.1, 0.15) is 51.0 Å². The Hall–Kier alpha value is -0.870. The lowest BCUT2D eigenvalue weighted by atomic mass is 9.94. The molecule has 1 rings (SSSR count). The van der Waals surface area contributed by atoms with Crippen LogP contribution in [0.4, 0.5) is 0 Å². The van der Waals surface area contributed by atoms with Crippen LogP contribution in [0, 0.1) is 0 Å². The highest BCUT2D eigenvalue weighted by molar-refractivity contribution is 7.10. The summed E-state index contributed by atoms with van der Waals surface area (Å²) in [6, 6.07) is 4.19. The van der Waals surface area contributed by atoms with Gasteiger partial charge in [-0.15, -0.1) is 11.3 Å². The zero-order valence-corrected chi connectivity index (χ0v) is 11.5. The van der Waals surface area contributed by atoms with E-state index in [2.05, 4.69) is 18.3 Å². The van der Waals surface area contributed by atoms with Crippen LogP contribution >= 0.6 is 11.3 Å². The van der Waals surface area contributed by atoms with Crippen LogP contribution in [0.15, 0.2) is 17.5 Å². The highest BCUT2D eigenvalue weighted by atomic mass is 32.1. The van der Waals surface area contributed by atoms with Gasteiger partial charge in [0, 0.05) is 10.9 Å². The van der Waals surface area contributed by atoms with E-state index in [0.29, 0.717) is 6.42 Å². The molecular formula is C13H21NO2S. The minimum Gasteiger partial charge on any atom is -0.480 e. The second kappa shape index (κ2) is 6.17. The highest BCUT2D eigenvalue weighted by Crippen LogP contribution is 2.26. The highest BCUT2D eigenvalue weighted by Gasteiger charge is 2.34. The van der Waals surface area contributed by atoms with Crippen molar-refractivity contribution in [2.75, 3.05) is 0 Å². The molecule has 2 atom stereocenters. The molecule has 17 heavy (non-hydrogen) atoms. The number of rotatable bonds is 7. The van der Waals surface area contributed by atoms with Gasteiger partial charge in [-0.1, -0.05) is 26.3 Å². The van der Waals surface area contributed by atoms with Crippen molar-refractivity contribution in [1.82, 2.24) is 5.32 Å². The number of carboxylic acid groups (broad SMARTS) is 1. The molecule has 0 radical (unpaired) electrons. The smallest absolute Gasteiger partial charge is 0.323 e. The van der Waals surface area contributed by atoms with Gasteiger partial charge in [0.05, 0.1) is 0 Å². The number of hydrogen-bond donors (Lipinski definition) is 2. The van der Waals surface area contributed by atoms with Crippen LogP contribution < -0.4 is 5.32 Å². The van der Waals surface area contributed by atoms with Gasteiger partial charge in [-0.05, 0) is 31.2 Å². The minimum absolute atomic E-state index is 0.127. The van der Waals surface area contributed by atoms with Crippen molar-refractivity contribution < 1.29 is 9.90 Å². The summed E-state index contributed by atoms with van der Waals surface area (Å²) in [5, 5.41) is 14.7. The number of thiophene rings is 1. The first-order valence-corrected chi connectivity index (χ1v) is 6.96. The lowest BCUT2D eigenvalue weighted by Crippen LogP contribution is -2.50. The first kappa shape index (κ1) is 14.2. The van der Waals surface area contributed by atoms with E-state index in [9.17, 15) is 9.90 Å². The summed E-state index contributed by atoms with van der Waals surface area (Å²) in [6.45, 7) is 5.86. The van der Waals surface area contributed by atoms with E-state index in [1.807, 2.05) is 18.4 Å². The molecule has 0 spiro atoms. The second-order valence-electron chi connectivity index (χ2n) is 4.51. The van der Waals surface area contributed by atoms with E-state index in [1.165, 1.54) is 4.88 Å². The van der Waals surface area contributed by atoms with Gasteiger partial charge in [-0.2, -0.15) is 0 Å². The fourth-order valence-corrected chi connectivity index (χ4v) is 2.85. The van der Waals surface area contributed by atoms with Crippen LogP contribution in [-0.2, 0) is 4.79 Å². The van der Waals surface area contributed by atoms with Crippen LogP contribution in [0.25, 0.3) is 0 Å². The van der Waals surface area contributed by atoms with E-state index in [1.54, 1.807) is 18.3 Å². The SMILES string of the molecule is CCCC(C)(NC(CC)c1cccs1)C(=O)O. The van der Waals surface area contributed by atoms with Crippen molar-refractivity contribution >= 4 is 17.3 Å². The molecule has 1 aromatic heterocycles. The number of hydrogen-bond acceptors (Lipinski definition) is 3. The average Bonchev–Trinajstić information content (AvgIpc) is 2.79. The third-order valence-corrected chi connectivity index (χ3v) is 4.00. The van der Waals surface area contributed by atoms with Crippen molar-refractivity contribution in [3.63, 3.8) is 0 Å². The summed E-state index contributed by atoms with van der Waals surface area (Å²) in [5.41, 5.74) is -0.834. The third kappa shape index (κ3) is 3.54. The number of aliphatic carboxylic acids is 1. The summed E-state index contributed by atoms with van der Waals surface area (Å²) in [4.78, 5) is 12.6. The van der Waals surface area contributed by atoms with Gasteiger partial charge in [0.15, 0.2) is 0 Å². The fraction of sp³-hybridized carbons (Fsp3) is 0.615. The fourth-order valence-electron chi connectivity index (χ4n) is 1.99. The topological polar surface area (TPSA) is 49.3 Å². The quantitative estimate of drug-likeness (QED) is 0.784. The lowest BCUT2D eigenvalue weighted by molar-refractivity contribution is -0.144. The maximum Gasteiger partial charge on any atom is 0.323 e. The van der Waals surface area contributed by atoms with Crippen molar-refractivity contribution in [2.24, 2.45) is 0 Å². The molecular weight excluding hydrogens is 234 g/mol. The Labute approximate surface area is 107 Å². The van der Waals surface area contributed by atoms with Crippen molar-refractivity contribution in [2.45, 2.75) is 51.6 Å². The summed E-state index contributed by atoms with van der Waals surface area (Å²) >= 11 is 1.67. The molecule has 0 aliphatic heterocycles. The van der Waals surface area contributed by atoms with Crippen molar-refractivity contribution in [3.05, 3.63) is 22.4 Å². The summed E-state index contributed by atoms with van der Waals surface area (Å²) in [7, 11) is 0. The average molecular weight is 255 g/mol. The van der Waals surface area contributed by atoms with Crippen LogP contribution in [0.5, 0.6) is 0 Å². The van der Waals surface area contributed by atoms with Gasteiger partial charge in [0.2, 0.25) is 0 Å². The van der Waals surface area contributed by atoms with Crippen molar-refractivity contribution in [3.8, 4) is 0 Å². The largest absolute Gasteiger partial charge is 0.480 e. The molecule has 0 amide bonds. The molecule has 1 heterocycles. The Bertz CT molecular complexity index is 350. The molecule has 3 nitrogen and oxygen atoms in total. The molecule has 0 aliphatic carbocycles. The number of nitrogens with one attached hydrogen (secondary N) is 1. The molecule has 0 saturated heterocycles. The molecule has 0 aromatic carbocycles. The van der Waals surface area contributed by atoms with Gasteiger partial charge in [-0.3, -0.25) is 10.1 Å². The third-order valence-electron chi connectivity index (χ3n) is 3.01. The van der Waals surface area contributed by atoms with E-state index < -0.39 is 11.5 Å². The molecule has 4 heteroatoms. The van der Waals surface area contributed by atoms with Gasteiger partial charge in [-0.25, -0.2) is 0 Å². The van der Waals surface area contributed by atoms with Gasteiger partial charge >= 0.3 is 5.97 Å². The van der Waals surface area contributed by atoms with E-state index >= 15 is 0 Å². The van der Waals surface area contributed by atoms with Crippen LogP contribution in [0.2, 0.25) is 0 Å². The maximum atomic E-state index is 11.4. The molecule has 0 aliphatic rings. The first-order valence-electron chi connectivity index (χ1n) is 6.08. The van der Waals surface area contributed by atoms with Gasteiger partial charge in [0.25, 0.3) is 0 Å². The summed E-state index contributed by atoms with van der Waals surface area (Å²) < 4.78 is 0. The molecule has 2 unspecified atom stereocenters. The van der Waals surface area contributed by atoms with Crippen molar-refractivity contribution in [1.29, 1.82) is 0 Å². The molecule has 0 saturated carbocycles. The van der Waals surface area contributed by atoms with Gasteiger partial charge in [0.1, 0.15) is 5.54 Å². The standard InChI is InChI=1S/C13H21NO2S/c1-4-8-13(3,12(15)16)14-10(5-2)11-7-6-9-17-11/h6-7,9-10,14H,4-5,8H2,1-3H3,(H,15,16). The molecule has 0 bridgehead atoms. The van der Waals surface area contributed by atoms with Crippen LogP contribution in [0.3, 0.4) is 0 Å². The predicted molar refractivity (Wildman–Crippen MR) is 71.4 cm³/mol. The Balaban J connectivity index is 2.81. The number of carboxylic acids is 1. The molecule has 2 N–H and O–H groups in total. The van der Waals surface area contributed by atoms with E-state index in [4.69, 9.17) is 0 Å². The Kier molecular flexibility index (Phi) is 5.15. The van der Waals surface area contributed by atoms with Crippen LogP contribution in [-0.4, -0.2) is 16.6 Å². The lowest BCUT2D eigenvalue weighted by Gasteiger charge is -2.30. The molecule has 1 aromatic rings. The maximum absolute atomic E-state index is 11.4. The monoisotopic (exact) mass is 255 g/mol. The second-order valence-corrected chi connectivity index (χ2v) is 5.49. The molecule has 96 valence electrons. The molecule has 0 fully saturated rings. The Morgan fingerprint density at radius 1 is 1.59 bits per heavy atom. The summed E-state index contributed by atoms with van der Waals surface area (Å²) in [5.74, 6) is -0.769. The predicted octanol–water partition coefficient (Wildman–Crippen LogP) is 3.43. The minimum atomic E-state index is -0.834. The summed E-state index contributed by atoms with van der Waals surface area (Å²) in [6.07, 6.45) is 2.40.